The highest BCUT2D eigenvalue weighted by molar-refractivity contribution is 7.15. The van der Waals surface area contributed by atoms with E-state index in [1.807, 2.05) is 64.1 Å². The van der Waals surface area contributed by atoms with E-state index in [0.29, 0.717) is 12.2 Å². The van der Waals surface area contributed by atoms with E-state index in [9.17, 15) is 14.9 Å². The van der Waals surface area contributed by atoms with Crippen molar-refractivity contribution in [1.29, 1.82) is 5.26 Å². The predicted molar refractivity (Wildman–Crippen MR) is 142 cm³/mol. The molecule has 36 heavy (non-hydrogen) atoms. The Morgan fingerprint density at radius 3 is 2.64 bits per heavy atom. The summed E-state index contributed by atoms with van der Waals surface area (Å²) < 4.78 is 7.49. The van der Waals surface area contributed by atoms with Crippen LogP contribution in [0.5, 0.6) is 0 Å². The maximum Gasteiger partial charge on any atom is 0.341 e. The van der Waals surface area contributed by atoms with E-state index in [-0.39, 0.29) is 17.6 Å². The number of nitriles is 1. The number of nitrogens with zero attached hydrogens (tertiary/aromatic N) is 2. The number of nitrogens with one attached hydrogen (secondary N) is 1. The Morgan fingerprint density at radius 2 is 1.94 bits per heavy atom. The summed E-state index contributed by atoms with van der Waals surface area (Å²) in [4.78, 5) is 27.2. The first-order chi connectivity index (χ1) is 17.3. The van der Waals surface area contributed by atoms with Crippen LogP contribution in [0.25, 0.3) is 11.1 Å². The molecular formula is C29H31N3O3S. The summed E-state index contributed by atoms with van der Waals surface area (Å²) >= 11 is 1.65. The van der Waals surface area contributed by atoms with E-state index >= 15 is 0 Å². The molecule has 1 amide bonds. The van der Waals surface area contributed by atoms with Gasteiger partial charge in [0.1, 0.15) is 16.6 Å². The molecule has 1 aliphatic rings. The number of carbonyl (C=O) groups is 2. The van der Waals surface area contributed by atoms with E-state index in [1.54, 1.807) is 17.4 Å². The zero-order valence-corrected chi connectivity index (χ0v) is 22.0. The largest absolute Gasteiger partial charge is 0.462 e. The van der Waals surface area contributed by atoms with Crippen LogP contribution in [0.3, 0.4) is 0 Å². The monoisotopic (exact) mass is 501 g/mol. The smallest absolute Gasteiger partial charge is 0.341 e. The molecule has 1 aromatic carbocycles. The first kappa shape index (κ1) is 25.5. The highest BCUT2D eigenvalue weighted by Crippen LogP contribution is 2.39. The fourth-order valence-electron chi connectivity index (χ4n) is 4.77. The number of aryl methyl sites for hydroxylation is 2. The SMILES string of the molecule is CCOC(=O)c1c(-n2c(C)cc(/C=C(\C#N)C(=O)N[C@H](C)c3ccccc3)c2C)sc2c1CCCC2. The van der Waals surface area contributed by atoms with E-state index in [2.05, 4.69) is 16.0 Å². The Bertz CT molecular complexity index is 1360. The second kappa shape index (κ2) is 11.0. The van der Waals surface area contributed by atoms with E-state index in [4.69, 9.17) is 4.74 Å². The summed E-state index contributed by atoms with van der Waals surface area (Å²) in [6, 6.07) is 13.4. The van der Waals surface area contributed by atoms with Crippen molar-refractivity contribution in [1.82, 2.24) is 9.88 Å². The molecule has 0 radical (unpaired) electrons. The molecule has 2 heterocycles. The lowest BCUT2D eigenvalue weighted by Crippen LogP contribution is -2.27. The third-order valence-electron chi connectivity index (χ3n) is 6.62. The number of rotatable bonds is 7. The molecule has 0 fully saturated rings. The molecule has 0 saturated heterocycles. The minimum atomic E-state index is -0.419. The maximum absolute atomic E-state index is 13.0. The fourth-order valence-corrected chi connectivity index (χ4v) is 6.26. The Labute approximate surface area is 216 Å². The van der Waals surface area contributed by atoms with Gasteiger partial charge < -0.3 is 14.6 Å². The normalized spacial score (nSPS) is 14.0. The molecule has 1 N–H and O–H groups in total. The highest BCUT2D eigenvalue weighted by atomic mass is 32.1. The van der Waals surface area contributed by atoms with Gasteiger partial charge in [-0.15, -0.1) is 11.3 Å². The van der Waals surface area contributed by atoms with Crippen molar-refractivity contribution in [3.05, 3.63) is 80.5 Å². The molecule has 186 valence electrons. The lowest BCUT2D eigenvalue weighted by molar-refractivity contribution is -0.117. The van der Waals surface area contributed by atoms with Gasteiger partial charge in [0.2, 0.25) is 0 Å². The zero-order chi connectivity index (χ0) is 25.8. The summed E-state index contributed by atoms with van der Waals surface area (Å²) in [5.41, 5.74) is 5.34. The van der Waals surface area contributed by atoms with Gasteiger partial charge in [-0.3, -0.25) is 4.79 Å². The molecule has 0 saturated carbocycles. The summed E-state index contributed by atoms with van der Waals surface area (Å²) in [7, 11) is 0. The van der Waals surface area contributed by atoms with Gasteiger partial charge in [0.05, 0.1) is 18.2 Å². The molecule has 0 bridgehead atoms. The quantitative estimate of drug-likeness (QED) is 0.245. The molecule has 7 heteroatoms. The van der Waals surface area contributed by atoms with E-state index in [1.165, 1.54) is 4.88 Å². The molecule has 0 unspecified atom stereocenters. The van der Waals surface area contributed by atoms with Crippen LogP contribution in [-0.4, -0.2) is 23.1 Å². The van der Waals surface area contributed by atoms with E-state index in [0.717, 1.165) is 58.8 Å². The number of amides is 1. The Hall–Kier alpha value is -3.63. The van der Waals surface area contributed by atoms with Gasteiger partial charge in [-0.05, 0) is 82.2 Å². The van der Waals surface area contributed by atoms with Crippen molar-refractivity contribution >= 4 is 29.3 Å². The number of thiophene rings is 1. The average Bonchev–Trinajstić information content (AvgIpc) is 3.38. The van der Waals surface area contributed by atoms with Gasteiger partial charge in [0, 0.05) is 16.3 Å². The van der Waals surface area contributed by atoms with Crippen molar-refractivity contribution in [2.24, 2.45) is 0 Å². The summed E-state index contributed by atoms with van der Waals surface area (Å²) in [6.45, 7) is 7.96. The van der Waals surface area contributed by atoms with Crippen molar-refractivity contribution in [2.75, 3.05) is 6.61 Å². The van der Waals surface area contributed by atoms with Crippen LogP contribution in [0.4, 0.5) is 0 Å². The number of ether oxygens (including phenoxy) is 1. The van der Waals surface area contributed by atoms with Crippen LogP contribution >= 0.6 is 11.3 Å². The molecule has 1 aliphatic carbocycles. The topological polar surface area (TPSA) is 84.1 Å². The number of aromatic nitrogens is 1. The lowest BCUT2D eigenvalue weighted by Gasteiger charge is -2.14. The van der Waals surface area contributed by atoms with Gasteiger partial charge in [-0.2, -0.15) is 5.26 Å². The first-order valence-corrected chi connectivity index (χ1v) is 13.2. The van der Waals surface area contributed by atoms with Crippen LogP contribution < -0.4 is 5.32 Å². The number of hydrogen-bond donors (Lipinski definition) is 1. The summed E-state index contributed by atoms with van der Waals surface area (Å²) in [6.07, 6.45) is 5.66. The third kappa shape index (κ3) is 5.00. The van der Waals surface area contributed by atoms with Gasteiger partial charge in [0.25, 0.3) is 5.91 Å². The van der Waals surface area contributed by atoms with Gasteiger partial charge in [-0.1, -0.05) is 30.3 Å². The number of hydrogen-bond acceptors (Lipinski definition) is 5. The van der Waals surface area contributed by atoms with Crippen molar-refractivity contribution in [2.45, 2.75) is 59.4 Å². The second-order valence-electron chi connectivity index (χ2n) is 9.05. The second-order valence-corrected chi connectivity index (χ2v) is 10.1. The number of fused-ring (bicyclic) bond motifs is 1. The van der Waals surface area contributed by atoms with Crippen molar-refractivity contribution in [3.63, 3.8) is 0 Å². The fraction of sp³-hybridized carbons (Fsp3) is 0.345. The molecule has 1 atom stereocenters. The van der Waals surface area contributed by atoms with Crippen LogP contribution in [0.15, 0.2) is 42.0 Å². The van der Waals surface area contributed by atoms with Gasteiger partial charge >= 0.3 is 5.97 Å². The lowest BCUT2D eigenvalue weighted by atomic mass is 9.95. The summed E-state index contributed by atoms with van der Waals surface area (Å²) in [5.74, 6) is -0.707. The van der Waals surface area contributed by atoms with Crippen molar-refractivity contribution in [3.8, 4) is 11.1 Å². The van der Waals surface area contributed by atoms with Gasteiger partial charge in [0.15, 0.2) is 0 Å². The zero-order valence-electron chi connectivity index (χ0n) is 21.2. The molecule has 6 nitrogen and oxygen atoms in total. The van der Waals surface area contributed by atoms with Crippen molar-refractivity contribution < 1.29 is 14.3 Å². The molecule has 2 aromatic heterocycles. The number of benzene rings is 1. The highest BCUT2D eigenvalue weighted by Gasteiger charge is 2.29. The van der Waals surface area contributed by atoms with Crippen LogP contribution in [0, 0.1) is 25.2 Å². The minimum Gasteiger partial charge on any atom is -0.462 e. The molecule has 0 spiro atoms. The molecule has 3 aromatic rings. The third-order valence-corrected chi connectivity index (χ3v) is 7.89. The van der Waals surface area contributed by atoms with Gasteiger partial charge in [-0.25, -0.2) is 4.79 Å². The van der Waals surface area contributed by atoms with E-state index < -0.39 is 5.91 Å². The standard InChI is InChI=1S/C29H31N3O3S/c1-5-35-29(34)26-24-13-9-10-14-25(24)36-28(26)32-18(2)15-22(20(32)4)16-23(17-30)27(33)31-19(3)21-11-7-6-8-12-21/h6-8,11-12,15-16,19H,5,9-10,13-14H2,1-4H3,(H,31,33)/b23-16+/t19-/m1/s1. The number of carbonyl (C=O) groups excluding carboxylic acids is 2. The first-order valence-electron chi connectivity index (χ1n) is 12.3. The Balaban J connectivity index is 1.70. The molecule has 0 aliphatic heterocycles. The maximum atomic E-state index is 13.0. The Morgan fingerprint density at radius 1 is 1.22 bits per heavy atom. The summed E-state index contributed by atoms with van der Waals surface area (Å²) in [5, 5.41) is 13.5. The Kier molecular flexibility index (Phi) is 7.76. The molecule has 4 rings (SSSR count). The van der Waals surface area contributed by atoms with Crippen LogP contribution in [0.1, 0.15) is 76.0 Å². The minimum absolute atomic E-state index is 0.0362. The molecular weight excluding hydrogens is 470 g/mol. The average molecular weight is 502 g/mol. The number of esters is 1. The van der Waals surface area contributed by atoms with Crippen LogP contribution in [-0.2, 0) is 22.4 Å². The predicted octanol–water partition coefficient (Wildman–Crippen LogP) is 6.00. The van der Waals surface area contributed by atoms with Crippen LogP contribution in [0.2, 0.25) is 0 Å².